The van der Waals surface area contributed by atoms with Crippen LogP contribution >= 0.6 is 35.3 Å². The minimum atomic E-state index is -3.57. The maximum Gasteiger partial charge on any atom is 0.330 e. The highest BCUT2D eigenvalue weighted by molar-refractivity contribution is 7.98. The van der Waals surface area contributed by atoms with Crippen molar-refractivity contribution in [2.24, 2.45) is 0 Å². The molecule has 29 nitrogen and oxygen atoms in total. The minimum Gasteiger partial charge on any atom is -0.497 e. The van der Waals surface area contributed by atoms with Crippen molar-refractivity contribution < 1.29 is 60.7 Å². The standard InChI is InChI=1S/C16H18N4O5S.C16H18N4O3S.C15H20N4O2S.C8H11NO2.C7H9N3OS/c1-19-14-10(8-17-15(18-14)26(4,22)23)9-20(16(19)21)11-5-12(24-2)7-13(6-11)25-3;1-19-14-10(8-17-15(18-14)24-4)9-20(16(19)21)11-5-12(22-2)7-13(6-11)23-3;1-16-14-10(9-18-15(19-14)22-4)8-17-11-5-12(20-2)7-13(6-11)21-3;1-10-7-3-6(9)4-8(5-7)11-2;1-8-6-5(4-11)3-9-7(10-6)12-2/h5-8H,9H2,1-4H3;5-8H,9H2,1-4H3;5-7,9,17H,8H2,1-4H3,(H,16,18,19);3-5H,9H2,1-2H3;3-4H,1-2H3,(H,8,9,10). The predicted molar refractivity (Wildman–Crippen MR) is 371 cm³/mol. The Balaban J connectivity index is 0.000000195. The van der Waals surface area contributed by atoms with Crippen molar-refractivity contribution in [1.29, 1.82) is 0 Å². The molecule has 5 N–H and O–H groups in total. The minimum absolute atomic E-state index is 0.163. The van der Waals surface area contributed by atoms with Crippen LogP contribution in [0.1, 0.15) is 27.0 Å². The summed E-state index contributed by atoms with van der Waals surface area (Å²) in [7, 11) is 15.9. The van der Waals surface area contributed by atoms with Gasteiger partial charge in [0.2, 0.25) is 15.0 Å². The average molecular weight is 1380 g/mol. The fourth-order valence-corrected chi connectivity index (χ4v) is 10.2. The lowest BCUT2D eigenvalue weighted by Gasteiger charge is -2.34. The number of nitrogens with one attached hydrogen (secondary N) is 3. The number of urea groups is 2. The van der Waals surface area contributed by atoms with Gasteiger partial charge in [0.15, 0.2) is 21.8 Å². The highest BCUT2D eigenvalue weighted by Gasteiger charge is 2.33. The fraction of sp³-hybridized carbons (Fsp3) is 0.306. The van der Waals surface area contributed by atoms with E-state index in [-0.39, 0.29) is 29.6 Å². The molecular formula is C62H76N16O13S4. The monoisotopic (exact) mass is 1380 g/mol. The van der Waals surface area contributed by atoms with Crippen LogP contribution in [-0.4, -0.2) is 177 Å². The van der Waals surface area contributed by atoms with Crippen molar-refractivity contribution in [3.8, 4) is 46.0 Å². The van der Waals surface area contributed by atoms with Gasteiger partial charge >= 0.3 is 12.1 Å². The third-order valence-corrected chi connectivity index (χ3v) is 16.1. The van der Waals surface area contributed by atoms with Crippen LogP contribution in [0, 0.1) is 0 Å². The Bertz CT molecular complexity index is 3980. The highest BCUT2D eigenvalue weighted by atomic mass is 32.2. The molecule has 0 aliphatic carbocycles. The van der Waals surface area contributed by atoms with E-state index in [4.69, 9.17) is 43.6 Å². The molecule has 2 aliphatic heterocycles. The molecule has 0 unspecified atom stereocenters. The topological polar surface area (TPSA) is 337 Å². The Labute approximate surface area is 564 Å². The molecule has 2 aliphatic rings. The van der Waals surface area contributed by atoms with Gasteiger partial charge in [-0.15, -0.1) is 0 Å². The number of rotatable bonds is 20. The summed E-state index contributed by atoms with van der Waals surface area (Å²) >= 11 is 4.40. The number of nitrogen functional groups attached to an aromatic ring is 1. The molecule has 0 saturated carbocycles. The number of anilines is 8. The molecule has 0 atom stereocenters. The summed E-state index contributed by atoms with van der Waals surface area (Å²) in [5.74, 6) is 7.55. The van der Waals surface area contributed by atoms with Crippen LogP contribution in [0.5, 0.6) is 46.0 Å². The zero-order valence-electron chi connectivity index (χ0n) is 55.3. The number of sulfone groups is 1. The van der Waals surface area contributed by atoms with Crippen LogP contribution in [0.4, 0.5) is 55.6 Å². The third-order valence-electron chi connectivity index (χ3n) is 13.6. The summed E-state index contributed by atoms with van der Waals surface area (Å²) in [6.07, 6.45) is 14.0. The first-order valence-corrected chi connectivity index (χ1v) is 33.7. The van der Waals surface area contributed by atoms with E-state index in [1.54, 1.807) is 122 Å². The smallest absolute Gasteiger partial charge is 0.330 e. The summed E-state index contributed by atoms with van der Waals surface area (Å²) in [5, 5.41) is 11.0. The van der Waals surface area contributed by atoms with Crippen molar-refractivity contribution in [3.05, 3.63) is 120 Å². The second-order valence-electron chi connectivity index (χ2n) is 19.6. The van der Waals surface area contributed by atoms with Crippen LogP contribution in [0.15, 0.2) is 118 Å². The average Bonchev–Trinajstić information content (AvgIpc) is 0.780. The first-order chi connectivity index (χ1) is 45.6. The van der Waals surface area contributed by atoms with E-state index >= 15 is 0 Å². The molecule has 6 heterocycles. The molecule has 506 valence electrons. The Morgan fingerprint density at radius 3 is 1.28 bits per heavy atom. The number of nitrogens with two attached hydrogens (primary N) is 1. The number of ether oxygens (including phenoxy) is 8. The van der Waals surface area contributed by atoms with E-state index in [1.807, 2.05) is 50.2 Å². The summed E-state index contributed by atoms with van der Waals surface area (Å²) in [4.78, 5) is 75.5. The van der Waals surface area contributed by atoms with Gasteiger partial charge in [0.1, 0.15) is 69.3 Å². The molecule has 95 heavy (non-hydrogen) atoms. The van der Waals surface area contributed by atoms with Crippen LogP contribution in [0.2, 0.25) is 0 Å². The summed E-state index contributed by atoms with van der Waals surface area (Å²) in [5.41, 5.74) is 11.4. The fourth-order valence-electron chi connectivity index (χ4n) is 8.70. The molecule has 0 fully saturated rings. The first-order valence-electron chi connectivity index (χ1n) is 28.2. The van der Waals surface area contributed by atoms with Crippen molar-refractivity contribution in [3.63, 3.8) is 0 Å². The molecule has 4 amide bonds. The zero-order valence-corrected chi connectivity index (χ0v) is 58.6. The number of aldehydes is 1. The number of benzene rings is 4. The van der Waals surface area contributed by atoms with Crippen molar-refractivity contribution in [1.82, 2.24) is 39.9 Å². The lowest BCUT2D eigenvalue weighted by Crippen LogP contribution is -2.46. The third kappa shape index (κ3) is 19.8. The highest BCUT2D eigenvalue weighted by Crippen LogP contribution is 2.37. The van der Waals surface area contributed by atoms with Gasteiger partial charge in [-0.05, 0) is 18.8 Å². The van der Waals surface area contributed by atoms with Gasteiger partial charge in [-0.1, -0.05) is 35.3 Å². The summed E-state index contributed by atoms with van der Waals surface area (Å²) in [6.45, 7) is 1.18. The van der Waals surface area contributed by atoms with Gasteiger partial charge in [-0.2, -0.15) is 0 Å². The van der Waals surface area contributed by atoms with E-state index < -0.39 is 9.84 Å². The van der Waals surface area contributed by atoms with Crippen LogP contribution < -0.4 is 79.2 Å². The number of hydrogen-bond acceptors (Lipinski definition) is 28. The lowest BCUT2D eigenvalue weighted by atomic mass is 10.2. The second kappa shape index (κ2) is 35.3. The predicted octanol–water partition coefficient (Wildman–Crippen LogP) is 9.47. The molecule has 10 rings (SSSR count). The van der Waals surface area contributed by atoms with Gasteiger partial charge in [-0.3, -0.25) is 24.4 Å². The van der Waals surface area contributed by atoms with E-state index in [9.17, 15) is 22.8 Å². The molecule has 33 heteroatoms. The van der Waals surface area contributed by atoms with Gasteiger partial charge < -0.3 is 59.6 Å². The van der Waals surface area contributed by atoms with Gasteiger partial charge in [-0.25, -0.2) is 57.9 Å². The SMILES string of the molecule is CNc1nc(SC)ncc1C=O.CNc1nc(SC)ncc1CNc1cc(OC)cc(OC)c1.COc1cc(N)cc(OC)c1.COc1cc(OC)cc(N2Cc3cnc(S(C)(=O)=O)nc3N(C)C2=O)c1.COc1cc(OC)cc(N2Cc3cnc(SC)nc3N(C)C2=O)c1. The van der Waals surface area contributed by atoms with Crippen molar-refractivity contribution in [2.45, 2.75) is 40.3 Å². The maximum atomic E-state index is 12.8. The number of fused-ring (bicyclic) bond motifs is 2. The number of carbonyl (C=O) groups excluding carboxylic acids is 3. The molecule has 0 radical (unpaired) electrons. The Morgan fingerprint density at radius 2 is 0.884 bits per heavy atom. The molecule has 0 saturated heterocycles. The molecule has 0 spiro atoms. The maximum absolute atomic E-state index is 12.8. The van der Waals surface area contributed by atoms with E-state index in [2.05, 4.69) is 55.8 Å². The normalized spacial score (nSPS) is 12.0. The zero-order chi connectivity index (χ0) is 69.5. The number of thioether (sulfide) groups is 3. The Kier molecular flexibility index (Phi) is 27.5. The Morgan fingerprint density at radius 1 is 0.516 bits per heavy atom. The quantitative estimate of drug-likeness (QED) is 0.0239. The van der Waals surface area contributed by atoms with Crippen LogP contribution in [-0.2, 0) is 29.5 Å². The van der Waals surface area contributed by atoms with Crippen molar-refractivity contribution in [2.75, 3.05) is 151 Å². The number of amides is 4. The number of aromatic nitrogens is 8. The molecule has 0 bridgehead atoms. The largest absolute Gasteiger partial charge is 0.497 e. The molecule has 4 aromatic carbocycles. The molecule has 8 aromatic rings. The van der Waals surface area contributed by atoms with Gasteiger partial charge in [0.25, 0.3) is 0 Å². The molecule has 4 aromatic heterocycles. The van der Waals surface area contributed by atoms with E-state index in [1.165, 1.54) is 83.6 Å². The number of carbonyl (C=O) groups is 3. The van der Waals surface area contributed by atoms with Crippen LogP contribution in [0.25, 0.3) is 0 Å². The number of methoxy groups -OCH3 is 8. The molecular weight excluding hydrogens is 1310 g/mol. The number of nitrogens with zero attached hydrogens (tertiary/aromatic N) is 12. The summed E-state index contributed by atoms with van der Waals surface area (Å²) < 4.78 is 64.9. The van der Waals surface area contributed by atoms with E-state index in [0.717, 1.165) is 51.8 Å². The van der Waals surface area contributed by atoms with Gasteiger partial charge in [0.05, 0.1) is 86.9 Å². The second-order valence-corrected chi connectivity index (χ2v) is 23.8. The number of hydrogen-bond donors (Lipinski definition) is 4. The Hall–Kier alpha value is -9.99. The summed E-state index contributed by atoms with van der Waals surface area (Å²) in [6, 6.07) is 20.9. The van der Waals surface area contributed by atoms with Crippen molar-refractivity contribution >= 4 is 109 Å². The van der Waals surface area contributed by atoms with Crippen LogP contribution in [0.3, 0.4) is 0 Å². The first kappa shape index (κ1) is 74.1. The lowest BCUT2D eigenvalue weighted by molar-refractivity contribution is 0.112. The van der Waals surface area contributed by atoms with E-state index in [0.29, 0.717) is 97.7 Å². The van der Waals surface area contributed by atoms with Gasteiger partial charge in [0, 0.05) is 167 Å².